The summed E-state index contributed by atoms with van der Waals surface area (Å²) in [4.78, 5) is 22.7. The average molecular weight is 276 g/mol. The van der Waals surface area contributed by atoms with Crippen molar-refractivity contribution >= 4 is 5.91 Å². The molecule has 110 valence electrons. The molecule has 0 aliphatic carbocycles. The molecule has 2 rings (SSSR count). The molecule has 0 aromatic carbocycles. The van der Waals surface area contributed by atoms with Gasteiger partial charge in [-0.3, -0.25) is 9.78 Å². The molecule has 1 fully saturated rings. The summed E-state index contributed by atoms with van der Waals surface area (Å²) in [7, 11) is 0. The van der Waals surface area contributed by atoms with Crippen molar-refractivity contribution in [3.05, 3.63) is 24.3 Å². The summed E-state index contributed by atoms with van der Waals surface area (Å²) in [5.74, 6) is 0.584. The monoisotopic (exact) mass is 276 g/mol. The number of amides is 1. The van der Waals surface area contributed by atoms with Crippen molar-refractivity contribution in [1.29, 1.82) is 0 Å². The lowest BCUT2D eigenvalue weighted by molar-refractivity contribution is 0.0371. The molecule has 1 unspecified atom stereocenters. The number of nitrogens with zero attached hydrogens (tertiary/aromatic N) is 3. The summed E-state index contributed by atoms with van der Waals surface area (Å²) < 4.78 is 0. The van der Waals surface area contributed by atoms with E-state index in [1.54, 1.807) is 12.4 Å². The van der Waals surface area contributed by atoms with E-state index in [1.807, 2.05) is 4.90 Å². The predicted molar refractivity (Wildman–Crippen MR) is 78.4 cm³/mol. The molecular weight excluding hydrogens is 252 g/mol. The van der Waals surface area contributed by atoms with Crippen LogP contribution in [0.1, 0.15) is 44.6 Å². The Labute approximate surface area is 120 Å². The van der Waals surface area contributed by atoms with Crippen LogP contribution >= 0.6 is 0 Å². The first-order valence-electron chi connectivity index (χ1n) is 7.21. The Balaban J connectivity index is 2.15. The number of rotatable bonds is 3. The van der Waals surface area contributed by atoms with Gasteiger partial charge in [-0.2, -0.15) is 0 Å². The Hall–Kier alpha value is -1.49. The topological polar surface area (TPSA) is 58.1 Å². The zero-order valence-electron chi connectivity index (χ0n) is 12.8. The number of piperazine rings is 1. The summed E-state index contributed by atoms with van der Waals surface area (Å²) in [6, 6.07) is 0.351. The molecule has 0 radical (unpaired) electrons. The van der Waals surface area contributed by atoms with Crippen molar-refractivity contribution in [1.82, 2.24) is 20.2 Å². The molecule has 0 bridgehead atoms. The zero-order chi connectivity index (χ0) is 14.8. The minimum Gasteiger partial charge on any atom is -0.329 e. The van der Waals surface area contributed by atoms with Crippen LogP contribution in [0.3, 0.4) is 0 Å². The minimum atomic E-state index is -0.206. The van der Waals surface area contributed by atoms with Crippen molar-refractivity contribution in [2.24, 2.45) is 5.92 Å². The van der Waals surface area contributed by atoms with Crippen LogP contribution in [0.5, 0.6) is 0 Å². The van der Waals surface area contributed by atoms with E-state index < -0.39 is 0 Å². The standard InChI is InChI=1S/C15H24N4O/c1-11(2)7-12-9-19(15(3,4)10-18-12)14(20)13-8-16-5-6-17-13/h5-6,8,11-12,18H,7,9-10H2,1-4H3. The molecule has 1 amide bonds. The van der Waals surface area contributed by atoms with Gasteiger partial charge >= 0.3 is 0 Å². The molecule has 2 heterocycles. The lowest BCUT2D eigenvalue weighted by atomic mass is 9.93. The first-order valence-corrected chi connectivity index (χ1v) is 7.21. The minimum absolute atomic E-state index is 0.0293. The van der Waals surface area contributed by atoms with Crippen molar-refractivity contribution in [2.75, 3.05) is 13.1 Å². The highest BCUT2D eigenvalue weighted by Gasteiger charge is 2.37. The van der Waals surface area contributed by atoms with E-state index in [2.05, 4.69) is 43.0 Å². The number of carbonyl (C=O) groups excluding carboxylic acids is 1. The number of aromatic nitrogens is 2. The zero-order valence-corrected chi connectivity index (χ0v) is 12.8. The number of hydrogen-bond acceptors (Lipinski definition) is 4. The summed E-state index contributed by atoms with van der Waals surface area (Å²) in [5.41, 5.74) is 0.216. The quantitative estimate of drug-likeness (QED) is 0.913. The van der Waals surface area contributed by atoms with E-state index in [4.69, 9.17) is 0 Å². The van der Waals surface area contributed by atoms with Gasteiger partial charge in [0.15, 0.2) is 0 Å². The molecular formula is C15H24N4O. The number of hydrogen-bond donors (Lipinski definition) is 1. The number of nitrogens with one attached hydrogen (secondary N) is 1. The van der Waals surface area contributed by atoms with Gasteiger partial charge in [-0.1, -0.05) is 13.8 Å². The maximum Gasteiger partial charge on any atom is 0.274 e. The van der Waals surface area contributed by atoms with Crippen molar-refractivity contribution in [3.8, 4) is 0 Å². The van der Waals surface area contributed by atoms with E-state index in [1.165, 1.54) is 6.20 Å². The molecule has 5 nitrogen and oxygen atoms in total. The van der Waals surface area contributed by atoms with Crippen LogP contribution < -0.4 is 5.32 Å². The van der Waals surface area contributed by atoms with Gasteiger partial charge in [0, 0.05) is 31.5 Å². The fourth-order valence-electron chi connectivity index (χ4n) is 2.65. The van der Waals surface area contributed by atoms with Crippen molar-refractivity contribution in [2.45, 2.75) is 45.7 Å². The van der Waals surface area contributed by atoms with Gasteiger partial charge in [0.05, 0.1) is 11.7 Å². The Morgan fingerprint density at radius 3 is 2.85 bits per heavy atom. The normalized spacial score (nSPS) is 22.1. The fraction of sp³-hybridized carbons (Fsp3) is 0.667. The molecule has 1 aromatic heterocycles. The Morgan fingerprint density at radius 1 is 1.50 bits per heavy atom. The average Bonchev–Trinajstić information content (AvgIpc) is 2.40. The highest BCUT2D eigenvalue weighted by molar-refractivity contribution is 5.92. The third-order valence-corrected chi connectivity index (χ3v) is 3.74. The maximum atomic E-state index is 12.6. The van der Waals surface area contributed by atoms with Gasteiger partial charge in [-0.25, -0.2) is 4.98 Å². The maximum absolute atomic E-state index is 12.6. The van der Waals surface area contributed by atoms with Crippen LogP contribution in [0.25, 0.3) is 0 Å². The van der Waals surface area contributed by atoms with Gasteiger partial charge in [0.25, 0.3) is 5.91 Å². The summed E-state index contributed by atoms with van der Waals surface area (Å²) >= 11 is 0. The largest absolute Gasteiger partial charge is 0.329 e. The lowest BCUT2D eigenvalue weighted by Crippen LogP contribution is -2.63. The Morgan fingerprint density at radius 2 is 2.25 bits per heavy atom. The van der Waals surface area contributed by atoms with Gasteiger partial charge in [0.1, 0.15) is 5.69 Å². The second-order valence-corrected chi connectivity index (χ2v) is 6.53. The lowest BCUT2D eigenvalue weighted by Gasteiger charge is -2.46. The van der Waals surface area contributed by atoms with Crippen molar-refractivity contribution < 1.29 is 4.79 Å². The first kappa shape index (κ1) is 14.9. The fourth-order valence-corrected chi connectivity index (χ4v) is 2.65. The van der Waals surface area contributed by atoms with Crippen LogP contribution in [0.15, 0.2) is 18.6 Å². The Bertz CT molecular complexity index is 458. The van der Waals surface area contributed by atoms with Crippen LogP contribution in [0.2, 0.25) is 0 Å². The summed E-state index contributed by atoms with van der Waals surface area (Å²) in [5, 5.41) is 3.55. The molecule has 5 heteroatoms. The van der Waals surface area contributed by atoms with Crippen LogP contribution in [-0.2, 0) is 0 Å². The SMILES string of the molecule is CC(C)CC1CN(C(=O)c2cnccn2)C(C)(C)CN1. The molecule has 1 saturated heterocycles. The van der Waals surface area contributed by atoms with E-state index in [0.717, 1.165) is 19.5 Å². The van der Waals surface area contributed by atoms with E-state index in [0.29, 0.717) is 17.7 Å². The van der Waals surface area contributed by atoms with Crippen LogP contribution in [0, 0.1) is 5.92 Å². The van der Waals surface area contributed by atoms with E-state index in [9.17, 15) is 4.79 Å². The second kappa shape index (κ2) is 5.87. The van der Waals surface area contributed by atoms with Crippen molar-refractivity contribution in [3.63, 3.8) is 0 Å². The van der Waals surface area contributed by atoms with E-state index in [-0.39, 0.29) is 11.4 Å². The molecule has 1 N–H and O–H groups in total. The molecule has 1 aromatic rings. The van der Waals surface area contributed by atoms with Crippen LogP contribution in [0.4, 0.5) is 0 Å². The van der Waals surface area contributed by atoms with Gasteiger partial charge in [-0.15, -0.1) is 0 Å². The van der Waals surface area contributed by atoms with Crippen LogP contribution in [-0.4, -0.2) is 45.4 Å². The second-order valence-electron chi connectivity index (χ2n) is 6.53. The molecule has 0 spiro atoms. The molecule has 0 saturated carbocycles. The van der Waals surface area contributed by atoms with E-state index >= 15 is 0 Å². The van der Waals surface area contributed by atoms with Gasteiger partial charge < -0.3 is 10.2 Å². The highest BCUT2D eigenvalue weighted by atomic mass is 16.2. The third kappa shape index (κ3) is 3.33. The first-order chi connectivity index (χ1) is 9.40. The Kier molecular flexibility index (Phi) is 4.38. The smallest absolute Gasteiger partial charge is 0.274 e. The predicted octanol–water partition coefficient (Wildman–Crippen LogP) is 1.72. The summed E-state index contributed by atoms with van der Waals surface area (Å²) in [6.45, 7) is 10.1. The summed E-state index contributed by atoms with van der Waals surface area (Å²) in [6.07, 6.45) is 5.76. The number of carbonyl (C=O) groups is 1. The molecule has 20 heavy (non-hydrogen) atoms. The molecule has 1 aliphatic heterocycles. The van der Waals surface area contributed by atoms with Gasteiger partial charge in [-0.05, 0) is 26.2 Å². The van der Waals surface area contributed by atoms with Gasteiger partial charge in [0.2, 0.25) is 0 Å². The molecule has 1 aliphatic rings. The molecule has 1 atom stereocenters. The highest BCUT2D eigenvalue weighted by Crippen LogP contribution is 2.22. The third-order valence-electron chi connectivity index (χ3n) is 3.74.